The number of rotatable bonds is 6. The highest BCUT2D eigenvalue weighted by molar-refractivity contribution is 7.13. The molecule has 0 bridgehead atoms. The van der Waals surface area contributed by atoms with Crippen LogP contribution in [0.25, 0.3) is 54.8 Å². The molecule has 4 nitrogen and oxygen atoms in total. The van der Waals surface area contributed by atoms with Crippen molar-refractivity contribution in [3.05, 3.63) is 179 Å². The van der Waals surface area contributed by atoms with E-state index in [-0.39, 0.29) is 0 Å². The normalized spacial score (nSPS) is 12.9. The Morgan fingerprint density at radius 3 is 1.30 bits per heavy atom. The summed E-state index contributed by atoms with van der Waals surface area (Å²) in [4.78, 5) is 20.9. The minimum absolute atomic E-state index is 0.552. The van der Waals surface area contributed by atoms with Crippen molar-refractivity contribution in [1.29, 1.82) is 0 Å². The molecule has 0 saturated heterocycles. The van der Waals surface area contributed by atoms with Crippen LogP contribution in [0.5, 0.6) is 0 Å². The summed E-state index contributed by atoms with van der Waals surface area (Å²) in [6.07, 6.45) is 3.76. The van der Waals surface area contributed by atoms with Gasteiger partial charge in [-0.2, -0.15) is 0 Å². The van der Waals surface area contributed by atoms with Gasteiger partial charge in [0.15, 0.2) is 0 Å². The second kappa shape index (κ2) is 11.4. The molecule has 0 spiro atoms. The van der Waals surface area contributed by atoms with Gasteiger partial charge in [0.2, 0.25) is 0 Å². The van der Waals surface area contributed by atoms with Crippen molar-refractivity contribution < 1.29 is 0 Å². The average Bonchev–Trinajstić information content (AvgIpc) is 3.93. The fourth-order valence-corrected chi connectivity index (χ4v) is 8.14. The molecule has 8 aromatic rings. The molecule has 0 aliphatic heterocycles. The molecule has 1 aliphatic carbocycles. The molecule has 9 rings (SSSR count). The van der Waals surface area contributed by atoms with Gasteiger partial charge in [0.1, 0.15) is 0 Å². The number of pyridine rings is 2. The molecule has 0 unspecified atom stereocenters. The Balaban J connectivity index is 1.29. The number of aromatic nitrogens is 4. The first-order valence-electron chi connectivity index (χ1n) is 15.4. The van der Waals surface area contributed by atoms with E-state index in [1.165, 1.54) is 33.4 Å². The van der Waals surface area contributed by atoms with E-state index < -0.39 is 5.41 Å². The van der Waals surface area contributed by atoms with E-state index in [4.69, 9.17) is 9.97 Å². The van der Waals surface area contributed by atoms with Crippen LogP contribution in [0.15, 0.2) is 157 Å². The Bertz CT molecular complexity index is 2180. The molecule has 47 heavy (non-hydrogen) atoms. The summed E-state index contributed by atoms with van der Waals surface area (Å²) < 4.78 is 0. The molecule has 0 saturated carbocycles. The van der Waals surface area contributed by atoms with Crippen molar-refractivity contribution in [2.45, 2.75) is 5.41 Å². The number of benzene rings is 4. The molecule has 1 aliphatic rings. The molecular weight excluding hydrogens is 613 g/mol. The Morgan fingerprint density at radius 1 is 0.426 bits per heavy atom. The predicted molar refractivity (Wildman–Crippen MR) is 192 cm³/mol. The summed E-state index contributed by atoms with van der Waals surface area (Å²) in [6, 6.07) is 48.0. The van der Waals surface area contributed by atoms with E-state index in [9.17, 15) is 0 Å². The first-order chi connectivity index (χ1) is 23.3. The third-order valence-corrected chi connectivity index (χ3v) is 10.6. The lowest BCUT2D eigenvalue weighted by molar-refractivity contribution is 0.769. The molecule has 4 heterocycles. The largest absolute Gasteiger partial charge is 0.252 e. The van der Waals surface area contributed by atoms with Crippen LogP contribution in [0, 0.1) is 0 Å². The summed E-state index contributed by atoms with van der Waals surface area (Å²) in [6.45, 7) is 0. The predicted octanol–water partition coefficient (Wildman–Crippen LogP) is 10.4. The van der Waals surface area contributed by atoms with Crippen molar-refractivity contribution in [3.8, 4) is 54.8 Å². The Kier molecular flexibility index (Phi) is 6.70. The van der Waals surface area contributed by atoms with Gasteiger partial charge in [-0.25, -0.2) is 9.97 Å². The molecule has 0 N–H and O–H groups in total. The van der Waals surface area contributed by atoms with Crippen LogP contribution in [0.4, 0.5) is 0 Å². The minimum atomic E-state index is -0.552. The van der Waals surface area contributed by atoms with Crippen molar-refractivity contribution in [2.24, 2.45) is 0 Å². The van der Waals surface area contributed by atoms with Gasteiger partial charge < -0.3 is 0 Å². The summed E-state index contributed by atoms with van der Waals surface area (Å²) in [5.74, 6) is 0. The lowest BCUT2D eigenvalue weighted by atomic mass is 9.67. The quantitative estimate of drug-likeness (QED) is 0.182. The highest BCUT2D eigenvalue weighted by Crippen LogP contribution is 2.57. The molecule has 6 heteroatoms. The van der Waals surface area contributed by atoms with E-state index in [2.05, 4.69) is 143 Å². The molecule has 222 valence electrons. The monoisotopic (exact) mass is 638 g/mol. The van der Waals surface area contributed by atoms with Crippen molar-refractivity contribution in [2.75, 3.05) is 0 Å². The van der Waals surface area contributed by atoms with E-state index in [0.29, 0.717) is 0 Å². The maximum absolute atomic E-state index is 5.09. The molecule has 0 amide bonds. The Hall–Kier alpha value is -5.56. The number of thiazole rings is 2. The zero-order chi connectivity index (χ0) is 31.2. The SMILES string of the molecule is c1ccc(C2(c3ccccc3)c3cc(-c4cccc(-c5cncs5)n4)ccc3-c3ccc(-c4cccc(-c5cncs5)n4)cc32)cc1. The maximum Gasteiger partial charge on any atom is 0.0825 e. The van der Waals surface area contributed by atoms with E-state index in [1.54, 1.807) is 22.7 Å². The Labute approximate surface area is 280 Å². The Morgan fingerprint density at radius 2 is 0.872 bits per heavy atom. The number of hydrogen-bond acceptors (Lipinski definition) is 6. The van der Waals surface area contributed by atoms with Crippen molar-refractivity contribution >= 4 is 22.7 Å². The van der Waals surface area contributed by atoms with Gasteiger partial charge in [0, 0.05) is 23.5 Å². The van der Waals surface area contributed by atoms with Gasteiger partial charge in [-0.05, 0) is 69.8 Å². The molecule has 4 aromatic carbocycles. The third-order valence-electron chi connectivity index (χ3n) is 9.01. The van der Waals surface area contributed by atoms with Crippen LogP contribution in [-0.2, 0) is 5.41 Å². The zero-order valence-corrected chi connectivity index (χ0v) is 26.7. The van der Waals surface area contributed by atoms with Gasteiger partial charge in [0.25, 0.3) is 0 Å². The van der Waals surface area contributed by atoms with Crippen LogP contribution in [0.2, 0.25) is 0 Å². The highest BCUT2D eigenvalue weighted by atomic mass is 32.1. The highest BCUT2D eigenvalue weighted by Gasteiger charge is 2.46. The fourth-order valence-electron chi connectivity index (χ4n) is 6.96. The van der Waals surface area contributed by atoms with Gasteiger partial charge in [-0.1, -0.05) is 97.1 Å². The standard InChI is InChI=1S/C41H26N4S2/c1-3-9-29(10-4-1)41(30-11-5-2-6-12-30)33-21-27(35-13-7-15-37(44-35)39-23-42-25-46-39)17-19-31(33)32-20-18-28(22-34(32)41)36-14-8-16-38(45-36)40-24-43-26-47-40/h1-26H. The number of fused-ring (bicyclic) bond motifs is 3. The van der Waals surface area contributed by atoms with E-state index >= 15 is 0 Å². The molecular formula is C41H26N4S2. The first kappa shape index (κ1) is 27.7. The summed E-state index contributed by atoms with van der Waals surface area (Å²) >= 11 is 3.21. The van der Waals surface area contributed by atoms with Gasteiger partial charge >= 0.3 is 0 Å². The van der Waals surface area contributed by atoms with Crippen molar-refractivity contribution in [3.63, 3.8) is 0 Å². The molecule has 0 radical (unpaired) electrons. The zero-order valence-electron chi connectivity index (χ0n) is 25.1. The lowest BCUT2D eigenvalue weighted by Crippen LogP contribution is -2.28. The smallest absolute Gasteiger partial charge is 0.0825 e. The first-order valence-corrected chi connectivity index (χ1v) is 17.2. The summed E-state index contributed by atoms with van der Waals surface area (Å²) in [5.41, 5.74) is 16.5. The van der Waals surface area contributed by atoms with E-state index in [0.717, 1.165) is 43.7 Å². The molecule has 0 fully saturated rings. The van der Waals surface area contributed by atoms with Crippen LogP contribution in [-0.4, -0.2) is 19.9 Å². The minimum Gasteiger partial charge on any atom is -0.252 e. The van der Waals surface area contributed by atoms with Gasteiger partial charge in [-0.15, -0.1) is 22.7 Å². The van der Waals surface area contributed by atoms with Gasteiger partial charge in [-0.3, -0.25) is 9.97 Å². The topological polar surface area (TPSA) is 51.6 Å². The van der Waals surface area contributed by atoms with E-state index in [1.807, 2.05) is 23.4 Å². The second-order valence-corrected chi connectivity index (χ2v) is 13.3. The lowest BCUT2D eigenvalue weighted by Gasteiger charge is -2.34. The van der Waals surface area contributed by atoms with Gasteiger partial charge in [0.05, 0.1) is 49.0 Å². The second-order valence-electron chi connectivity index (χ2n) is 11.6. The van der Waals surface area contributed by atoms with Crippen LogP contribution >= 0.6 is 22.7 Å². The maximum atomic E-state index is 5.09. The van der Waals surface area contributed by atoms with Crippen LogP contribution < -0.4 is 0 Å². The summed E-state index contributed by atoms with van der Waals surface area (Å²) in [5, 5.41) is 0. The number of hydrogen-bond donors (Lipinski definition) is 0. The average molecular weight is 639 g/mol. The third kappa shape index (κ3) is 4.56. The summed E-state index contributed by atoms with van der Waals surface area (Å²) in [7, 11) is 0. The number of nitrogens with zero attached hydrogens (tertiary/aromatic N) is 4. The molecule has 4 aromatic heterocycles. The molecule has 0 atom stereocenters. The van der Waals surface area contributed by atoms with Crippen LogP contribution in [0.1, 0.15) is 22.3 Å². The van der Waals surface area contributed by atoms with Crippen LogP contribution in [0.3, 0.4) is 0 Å². The van der Waals surface area contributed by atoms with Crippen molar-refractivity contribution in [1.82, 2.24) is 19.9 Å². The fraction of sp³-hybridized carbons (Fsp3) is 0.0244.